The van der Waals surface area contributed by atoms with Gasteiger partial charge >= 0.3 is 5.97 Å². The maximum absolute atomic E-state index is 12.3. The van der Waals surface area contributed by atoms with Gasteiger partial charge in [0.25, 0.3) is 5.91 Å². The Kier molecular flexibility index (Phi) is 4.18. The second-order valence-corrected chi connectivity index (χ2v) is 6.53. The molecule has 8 heteroatoms. The van der Waals surface area contributed by atoms with Crippen molar-refractivity contribution in [2.24, 2.45) is 0 Å². The lowest BCUT2D eigenvalue weighted by molar-refractivity contribution is -0.123. The van der Waals surface area contributed by atoms with Crippen LogP contribution in [-0.2, 0) is 9.53 Å². The molecule has 4 rings (SSSR count). The van der Waals surface area contributed by atoms with Crippen LogP contribution in [0.15, 0.2) is 41.9 Å². The number of anilines is 1. The van der Waals surface area contributed by atoms with E-state index in [0.29, 0.717) is 22.7 Å². The van der Waals surface area contributed by atoms with E-state index in [-0.39, 0.29) is 6.79 Å². The minimum atomic E-state index is -0.954. The molecule has 26 heavy (non-hydrogen) atoms. The number of amides is 1. The summed E-state index contributed by atoms with van der Waals surface area (Å²) in [6.45, 7) is 1.68. The van der Waals surface area contributed by atoms with Gasteiger partial charge in [0.1, 0.15) is 0 Å². The molecule has 0 saturated heterocycles. The Morgan fingerprint density at radius 1 is 1.19 bits per heavy atom. The number of carbonyl (C=O) groups excluding carboxylic acids is 2. The molecule has 1 unspecified atom stereocenters. The summed E-state index contributed by atoms with van der Waals surface area (Å²) >= 11 is 1.44. The predicted octanol–water partition coefficient (Wildman–Crippen LogP) is 3.21. The van der Waals surface area contributed by atoms with Crippen LogP contribution in [-0.4, -0.2) is 29.8 Å². The summed E-state index contributed by atoms with van der Waals surface area (Å²) in [5.74, 6) is 0.191. The first-order valence-electron chi connectivity index (χ1n) is 7.85. The van der Waals surface area contributed by atoms with Gasteiger partial charge in [-0.15, -0.1) is 11.3 Å². The summed E-state index contributed by atoms with van der Waals surface area (Å²) in [7, 11) is 0. The Morgan fingerprint density at radius 3 is 2.92 bits per heavy atom. The molecule has 1 aliphatic heterocycles. The number of nitrogens with zero attached hydrogens (tertiary/aromatic N) is 1. The minimum absolute atomic E-state index is 0.158. The zero-order valence-electron chi connectivity index (χ0n) is 13.7. The molecule has 132 valence electrons. The largest absolute Gasteiger partial charge is 0.454 e. The van der Waals surface area contributed by atoms with Crippen LogP contribution in [0.2, 0.25) is 0 Å². The first kappa shape index (κ1) is 16.3. The van der Waals surface area contributed by atoms with Crippen molar-refractivity contribution in [3.63, 3.8) is 0 Å². The average molecular weight is 370 g/mol. The van der Waals surface area contributed by atoms with E-state index < -0.39 is 18.0 Å². The first-order valence-corrected chi connectivity index (χ1v) is 8.73. The molecule has 1 atom stereocenters. The lowest BCUT2D eigenvalue weighted by Crippen LogP contribution is -2.30. The number of hydrogen-bond acceptors (Lipinski definition) is 7. The Labute approximate surface area is 152 Å². The monoisotopic (exact) mass is 370 g/mol. The summed E-state index contributed by atoms with van der Waals surface area (Å²) in [4.78, 5) is 28.7. The molecule has 0 fully saturated rings. The van der Waals surface area contributed by atoms with E-state index in [1.54, 1.807) is 41.9 Å². The number of esters is 1. The van der Waals surface area contributed by atoms with Crippen LogP contribution in [0.4, 0.5) is 5.69 Å². The van der Waals surface area contributed by atoms with Gasteiger partial charge in [0.2, 0.25) is 6.79 Å². The van der Waals surface area contributed by atoms with E-state index in [1.165, 1.54) is 18.3 Å². The smallest absolute Gasteiger partial charge is 0.338 e. The molecule has 0 saturated carbocycles. The molecular formula is C18H14N2O5S. The van der Waals surface area contributed by atoms with Gasteiger partial charge in [-0.1, -0.05) is 0 Å². The highest BCUT2D eigenvalue weighted by atomic mass is 32.1. The van der Waals surface area contributed by atoms with E-state index in [9.17, 15) is 9.59 Å². The van der Waals surface area contributed by atoms with E-state index in [1.807, 2.05) is 0 Å². The number of fused-ring (bicyclic) bond motifs is 2. The van der Waals surface area contributed by atoms with E-state index >= 15 is 0 Å². The summed E-state index contributed by atoms with van der Waals surface area (Å²) in [6.07, 6.45) is -0.954. The summed E-state index contributed by atoms with van der Waals surface area (Å²) in [6, 6.07) is 10.1. The molecule has 2 heterocycles. The molecular weight excluding hydrogens is 356 g/mol. The van der Waals surface area contributed by atoms with Gasteiger partial charge in [-0.3, -0.25) is 4.79 Å². The van der Waals surface area contributed by atoms with Gasteiger partial charge in [0.15, 0.2) is 17.6 Å². The Bertz CT molecular complexity index is 1000. The van der Waals surface area contributed by atoms with Crippen LogP contribution < -0.4 is 14.8 Å². The lowest BCUT2D eigenvalue weighted by atomic mass is 10.2. The molecule has 0 radical (unpaired) electrons. The average Bonchev–Trinajstić information content (AvgIpc) is 3.29. The van der Waals surface area contributed by atoms with Crippen molar-refractivity contribution in [2.75, 3.05) is 12.1 Å². The number of benzene rings is 2. The highest BCUT2D eigenvalue weighted by Gasteiger charge is 2.21. The van der Waals surface area contributed by atoms with Gasteiger partial charge < -0.3 is 19.5 Å². The molecule has 2 aromatic carbocycles. The number of ether oxygens (including phenoxy) is 3. The quantitative estimate of drug-likeness (QED) is 0.710. The summed E-state index contributed by atoms with van der Waals surface area (Å²) < 4.78 is 16.6. The molecule has 3 aromatic rings. The van der Waals surface area contributed by atoms with Crippen LogP contribution in [0, 0.1) is 0 Å². The first-order chi connectivity index (χ1) is 12.6. The normalized spacial score (nSPS) is 13.4. The fraction of sp³-hybridized carbons (Fsp3) is 0.167. The zero-order valence-corrected chi connectivity index (χ0v) is 14.5. The van der Waals surface area contributed by atoms with Crippen LogP contribution in [0.5, 0.6) is 11.5 Å². The van der Waals surface area contributed by atoms with Crippen molar-refractivity contribution in [3.05, 3.63) is 47.5 Å². The standard InChI is InChI=1S/C18H14N2O5S/c1-10(17(21)20-12-3-5-14-15(7-12)24-9-23-14)25-18(22)11-2-4-13-16(6-11)26-8-19-13/h2-8,10H,9H2,1H3,(H,20,21). The van der Waals surface area contributed by atoms with Gasteiger partial charge in [0.05, 0.1) is 21.3 Å². The highest BCUT2D eigenvalue weighted by molar-refractivity contribution is 7.16. The van der Waals surface area contributed by atoms with Crippen molar-refractivity contribution in [3.8, 4) is 11.5 Å². The van der Waals surface area contributed by atoms with Gasteiger partial charge in [-0.2, -0.15) is 0 Å². The topological polar surface area (TPSA) is 86.8 Å². The van der Waals surface area contributed by atoms with Crippen molar-refractivity contribution in [1.29, 1.82) is 0 Å². The van der Waals surface area contributed by atoms with Crippen LogP contribution >= 0.6 is 11.3 Å². The van der Waals surface area contributed by atoms with Crippen molar-refractivity contribution >= 4 is 39.1 Å². The molecule has 0 aliphatic carbocycles. The number of carbonyl (C=O) groups is 2. The van der Waals surface area contributed by atoms with Crippen molar-refractivity contribution in [2.45, 2.75) is 13.0 Å². The number of rotatable bonds is 4. The Balaban J connectivity index is 1.41. The SMILES string of the molecule is CC(OC(=O)c1ccc2ncsc2c1)C(=O)Nc1ccc2c(c1)OCO2. The fourth-order valence-corrected chi connectivity index (χ4v) is 3.20. The van der Waals surface area contributed by atoms with E-state index in [0.717, 1.165) is 10.2 Å². The van der Waals surface area contributed by atoms with Crippen LogP contribution in [0.1, 0.15) is 17.3 Å². The molecule has 0 spiro atoms. The third-order valence-corrected chi connectivity index (χ3v) is 4.65. The van der Waals surface area contributed by atoms with Gasteiger partial charge in [-0.25, -0.2) is 9.78 Å². The Hall–Kier alpha value is -3.13. The second kappa shape index (κ2) is 6.64. The maximum Gasteiger partial charge on any atom is 0.338 e. The lowest BCUT2D eigenvalue weighted by Gasteiger charge is -2.14. The number of thiazole rings is 1. The Morgan fingerprint density at radius 2 is 2.04 bits per heavy atom. The van der Waals surface area contributed by atoms with Crippen molar-refractivity contribution < 1.29 is 23.8 Å². The minimum Gasteiger partial charge on any atom is -0.454 e. The molecule has 1 amide bonds. The van der Waals surface area contributed by atoms with Crippen molar-refractivity contribution in [1.82, 2.24) is 4.98 Å². The van der Waals surface area contributed by atoms with Crippen LogP contribution in [0.3, 0.4) is 0 Å². The summed E-state index contributed by atoms with van der Waals surface area (Å²) in [5, 5.41) is 2.69. The van der Waals surface area contributed by atoms with Gasteiger partial charge in [-0.05, 0) is 37.3 Å². The zero-order chi connectivity index (χ0) is 18.1. The van der Waals surface area contributed by atoms with E-state index in [4.69, 9.17) is 14.2 Å². The summed E-state index contributed by atoms with van der Waals surface area (Å²) in [5.41, 5.74) is 3.44. The number of nitrogens with one attached hydrogen (secondary N) is 1. The molecule has 1 aliphatic rings. The maximum atomic E-state index is 12.3. The second-order valence-electron chi connectivity index (χ2n) is 5.64. The predicted molar refractivity (Wildman–Crippen MR) is 95.7 cm³/mol. The molecule has 1 aromatic heterocycles. The third kappa shape index (κ3) is 3.18. The highest BCUT2D eigenvalue weighted by Crippen LogP contribution is 2.34. The third-order valence-electron chi connectivity index (χ3n) is 3.86. The van der Waals surface area contributed by atoms with E-state index in [2.05, 4.69) is 10.3 Å². The number of hydrogen-bond donors (Lipinski definition) is 1. The van der Waals surface area contributed by atoms with Gasteiger partial charge in [0, 0.05) is 11.8 Å². The molecule has 0 bridgehead atoms. The van der Waals surface area contributed by atoms with Crippen LogP contribution in [0.25, 0.3) is 10.2 Å². The number of aromatic nitrogens is 1. The fourth-order valence-electron chi connectivity index (χ4n) is 2.48. The molecule has 1 N–H and O–H groups in total. The molecule has 7 nitrogen and oxygen atoms in total.